The summed E-state index contributed by atoms with van der Waals surface area (Å²) in [6.45, 7) is 14.6. The van der Waals surface area contributed by atoms with Crippen LogP contribution in [0.3, 0.4) is 0 Å². The predicted octanol–water partition coefficient (Wildman–Crippen LogP) is 5.95. The van der Waals surface area contributed by atoms with Gasteiger partial charge in [0.25, 0.3) is 0 Å². The van der Waals surface area contributed by atoms with Gasteiger partial charge >= 0.3 is 0 Å². The van der Waals surface area contributed by atoms with Gasteiger partial charge in [-0.3, -0.25) is 0 Å². The molecule has 23 heavy (non-hydrogen) atoms. The molecule has 2 fully saturated rings. The third-order valence-electron chi connectivity index (χ3n) is 7.15. The van der Waals surface area contributed by atoms with E-state index in [4.69, 9.17) is 4.43 Å². The highest BCUT2D eigenvalue weighted by molar-refractivity contribution is 6.69. The Morgan fingerprint density at radius 3 is 2.57 bits per heavy atom. The smallest absolute Gasteiger partial charge is 0.184 e. The lowest BCUT2D eigenvalue weighted by Gasteiger charge is -2.48. The van der Waals surface area contributed by atoms with Crippen molar-refractivity contribution in [1.82, 2.24) is 0 Å². The quantitative estimate of drug-likeness (QED) is 0.569. The van der Waals surface area contributed by atoms with Crippen LogP contribution in [-0.2, 0) is 4.43 Å². The van der Waals surface area contributed by atoms with Gasteiger partial charge in [0, 0.05) is 0 Å². The Morgan fingerprint density at radius 1 is 1.13 bits per heavy atom. The molecule has 5 atom stereocenters. The molecule has 1 nitrogen and oxygen atoms in total. The van der Waals surface area contributed by atoms with Crippen LogP contribution in [0.2, 0.25) is 19.6 Å². The van der Waals surface area contributed by atoms with Gasteiger partial charge in [0.15, 0.2) is 8.32 Å². The minimum Gasteiger partial charge on any atom is -0.408 e. The third-order valence-corrected chi connectivity index (χ3v) is 8.13. The van der Waals surface area contributed by atoms with Crippen LogP contribution >= 0.6 is 0 Å². The number of allylic oxidation sites excluding steroid dienone is 2. The summed E-state index contributed by atoms with van der Waals surface area (Å²) in [6.07, 6.45) is 11.6. The summed E-state index contributed by atoms with van der Waals surface area (Å²) < 4.78 is 7.13. The van der Waals surface area contributed by atoms with Crippen LogP contribution in [0.5, 0.6) is 0 Å². The van der Waals surface area contributed by atoms with E-state index in [0.717, 1.165) is 17.8 Å². The first-order chi connectivity index (χ1) is 10.7. The van der Waals surface area contributed by atoms with E-state index in [2.05, 4.69) is 52.6 Å². The summed E-state index contributed by atoms with van der Waals surface area (Å²) in [6, 6.07) is 0. The van der Waals surface area contributed by atoms with Crippen molar-refractivity contribution >= 4 is 8.32 Å². The van der Waals surface area contributed by atoms with Gasteiger partial charge in [-0.15, -0.1) is 0 Å². The molecule has 0 saturated heterocycles. The first kappa shape index (κ1) is 16.1. The maximum absolute atomic E-state index is 7.13. The second-order valence-corrected chi connectivity index (χ2v) is 14.7. The molecule has 4 aliphatic carbocycles. The van der Waals surface area contributed by atoms with Crippen molar-refractivity contribution in [1.29, 1.82) is 0 Å². The van der Waals surface area contributed by atoms with Crippen LogP contribution in [0, 0.1) is 29.1 Å². The van der Waals surface area contributed by atoms with E-state index in [1.807, 2.05) is 0 Å². The summed E-state index contributed by atoms with van der Waals surface area (Å²) in [4.78, 5) is 0. The molecule has 128 valence electrons. The Bertz CT molecular complexity index is 579. The Morgan fingerprint density at radius 2 is 1.87 bits per heavy atom. The lowest BCUT2D eigenvalue weighted by atomic mass is 9.69. The topological polar surface area (TPSA) is 9.23 Å². The van der Waals surface area contributed by atoms with E-state index < -0.39 is 8.32 Å². The second kappa shape index (κ2) is 4.85. The summed E-state index contributed by atoms with van der Waals surface area (Å²) >= 11 is 0. The molecule has 0 spiro atoms. The molecule has 2 saturated carbocycles. The van der Waals surface area contributed by atoms with Crippen molar-refractivity contribution in [3.8, 4) is 0 Å². The predicted molar refractivity (Wildman–Crippen MR) is 99.8 cm³/mol. The fourth-order valence-electron chi connectivity index (χ4n) is 6.41. The van der Waals surface area contributed by atoms with Crippen molar-refractivity contribution in [3.05, 3.63) is 23.3 Å². The summed E-state index contributed by atoms with van der Waals surface area (Å²) in [5, 5.41) is 0. The van der Waals surface area contributed by atoms with E-state index in [-0.39, 0.29) is 5.60 Å². The molecule has 0 amide bonds. The normalized spacial score (nSPS) is 44.4. The summed E-state index contributed by atoms with van der Waals surface area (Å²) in [5.74, 6) is 3.28. The molecule has 0 radical (unpaired) electrons. The number of hydrogen-bond acceptors (Lipinski definition) is 1. The largest absolute Gasteiger partial charge is 0.408 e. The van der Waals surface area contributed by atoms with Gasteiger partial charge in [-0.05, 0) is 92.0 Å². The fraction of sp³-hybridized carbons (Fsp3) is 0.810. The van der Waals surface area contributed by atoms with Crippen LogP contribution in [-0.4, -0.2) is 13.9 Å². The van der Waals surface area contributed by atoms with Crippen molar-refractivity contribution in [2.75, 3.05) is 0 Å². The van der Waals surface area contributed by atoms with Gasteiger partial charge < -0.3 is 4.43 Å². The van der Waals surface area contributed by atoms with Gasteiger partial charge in [0.1, 0.15) is 0 Å². The number of fused-ring (bicyclic) bond motifs is 5. The molecule has 0 aromatic rings. The molecule has 1 unspecified atom stereocenters. The van der Waals surface area contributed by atoms with E-state index in [9.17, 15) is 0 Å². The van der Waals surface area contributed by atoms with Crippen LogP contribution in [0.4, 0.5) is 0 Å². The van der Waals surface area contributed by atoms with Crippen molar-refractivity contribution in [2.45, 2.75) is 78.1 Å². The molecule has 2 heteroatoms. The second-order valence-electron chi connectivity index (χ2n) is 10.3. The maximum Gasteiger partial charge on any atom is 0.184 e. The Hall–Kier alpha value is -0.343. The Labute approximate surface area is 143 Å². The molecular formula is C21H34OSi. The highest BCUT2D eigenvalue weighted by Crippen LogP contribution is 2.72. The SMILES string of the molecule is CC1C=C2C(=CCC[C@H]3[C@H]4[C@@H](CC[C@]23O[Si](C)(C)C)C4(C)C)C1. The van der Waals surface area contributed by atoms with Crippen molar-refractivity contribution < 1.29 is 4.43 Å². The minimum absolute atomic E-state index is 0.0481. The first-order valence-electron chi connectivity index (χ1n) is 9.77. The third kappa shape index (κ3) is 2.35. The highest BCUT2D eigenvalue weighted by atomic mass is 28.4. The molecule has 0 aliphatic heterocycles. The fourth-order valence-corrected chi connectivity index (χ4v) is 7.86. The highest BCUT2D eigenvalue weighted by Gasteiger charge is 2.68. The van der Waals surface area contributed by atoms with Crippen molar-refractivity contribution in [3.63, 3.8) is 0 Å². The molecular weight excluding hydrogens is 296 g/mol. The van der Waals surface area contributed by atoms with E-state index in [1.165, 1.54) is 32.1 Å². The zero-order valence-electron chi connectivity index (χ0n) is 15.9. The van der Waals surface area contributed by atoms with E-state index in [1.54, 1.807) is 11.1 Å². The maximum atomic E-state index is 7.13. The lowest BCUT2D eigenvalue weighted by Crippen LogP contribution is -2.51. The standard InChI is InChI=1S/C21H34OSi/c1-14-12-15-8-7-9-17-19-16(20(19,2)3)10-11-21(17,18(15)13-14)22-23(4,5)6/h8,13-14,16-17,19H,7,9-12H2,1-6H3/t14?,16-,17+,19-,21-/m1/s1. The van der Waals surface area contributed by atoms with Gasteiger partial charge in [0.2, 0.25) is 0 Å². The zero-order valence-corrected chi connectivity index (χ0v) is 16.9. The molecule has 0 heterocycles. The number of rotatable bonds is 2. The van der Waals surface area contributed by atoms with Gasteiger partial charge in [-0.25, -0.2) is 0 Å². The van der Waals surface area contributed by atoms with Crippen LogP contribution in [0.25, 0.3) is 0 Å². The van der Waals surface area contributed by atoms with E-state index >= 15 is 0 Å². The van der Waals surface area contributed by atoms with Crippen LogP contribution < -0.4 is 0 Å². The molecule has 4 aliphatic rings. The van der Waals surface area contributed by atoms with Gasteiger partial charge in [-0.2, -0.15) is 0 Å². The molecule has 0 bridgehead atoms. The van der Waals surface area contributed by atoms with Crippen LogP contribution in [0.15, 0.2) is 23.3 Å². The minimum atomic E-state index is -1.59. The Kier molecular flexibility index (Phi) is 3.40. The lowest BCUT2D eigenvalue weighted by molar-refractivity contribution is -0.00604. The number of hydrogen-bond donors (Lipinski definition) is 0. The summed E-state index contributed by atoms with van der Waals surface area (Å²) in [7, 11) is -1.59. The van der Waals surface area contributed by atoms with E-state index in [0.29, 0.717) is 11.3 Å². The molecule has 0 N–H and O–H groups in total. The monoisotopic (exact) mass is 330 g/mol. The van der Waals surface area contributed by atoms with Crippen molar-refractivity contribution in [2.24, 2.45) is 29.1 Å². The average Bonchev–Trinajstić information content (AvgIpc) is 2.81. The molecule has 0 aromatic carbocycles. The molecule has 4 rings (SSSR count). The summed E-state index contributed by atoms with van der Waals surface area (Å²) in [5.41, 5.74) is 3.85. The zero-order chi connectivity index (χ0) is 16.6. The van der Waals surface area contributed by atoms with Gasteiger partial charge in [0.05, 0.1) is 5.60 Å². The Balaban J connectivity index is 1.81. The van der Waals surface area contributed by atoms with Crippen LogP contribution in [0.1, 0.15) is 52.9 Å². The molecule has 0 aromatic heterocycles. The first-order valence-corrected chi connectivity index (χ1v) is 13.2. The van der Waals surface area contributed by atoms with Gasteiger partial charge in [-0.1, -0.05) is 32.9 Å². The average molecular weight is 331 g/mol.